The van der Waals surface area contributed by atoms with Crippen molar-refractivity contribution in [2.24, 2.45) is 0 Å². The monoisotopic (exact) mass is 366 g/mol. The number of hydrogen-bond donors (Lipinski definition) is 1. The number of anilines is 1. The van der Waals surface area contributed by atoms with E-state index < -0.39 is 10.2 Å². The lowest BCUT2D eigenvalue weighted by Gasteiger charge is -2.20. The minimum absolute atomic E-state index is 0.0744. The van der Waals surface area contributed by atoms with E-state index in [0.717, 1.165) is 36.2 Å². The SMILES string of the molecule is CCCNS(=O)(=O)N(C)c1ccc2c(c1)nc(C(C)(C)C)n2CCC. The molecule has 1 N–H and O–H groups in total. The molecule has 0 saturated heterocycles. The van der Waals surface area contributed by atoms with Gasteiger partial charge in [0, 0.05) is 25.6 Å². The number of hydrogen-bond acceptors (Lipinski definition) is 3. The molecule has 25 heavy (non-hydrogen) atoms. The molecule has 1 aromatic carbocycles. The Kier molecular flexibility index (Phi) is 5.79. The Bertz CT molecular complexity index is 835. The lowest BCUT2D eigenvalue weighted by Crippen LogP contribution is -2.38. The zero-order chi connectivity index (χ0) is 18.8. The minimum atomic E-state index is -3.54. The van der Waals surface area contributed by atoms with Gasteiger partial charge >= 0.3 is 10.2 Å². The Morgan fingerprint density at radius 1 is 1.20 bits per heavy atom. The van der Waals surface area contributed by atoms with Crippen LogP contribution in [0.4, 0.5) is 5.69 Å². The standard InChI is InChI=1S/C18H30N4O2S/c1-7-11-19-25(23,24)21(6)14-9-10-16-15(13-14)20-17(18(3,4)5)22(16)12-8-2/h9-10,13,19H,7-8,11-12H2,1-6H3. The number of imidazole rings is 1. The van der Waals surface area contributed by atoms with Gasteiger partial charge in [0.1, 0.15) is 5.82 Å². The molecule has 0 aliphatic rings. The third-order valence-electron chi connectivity index (χ3n) is 4.11. The first kappa shape index (κ1) is 19.7. The van der Waals surface area contributed by atoms with Gasteiger partial charge in [-0.15, -0.1) is 0 Å². The Balaban J connectivity index is 2.50. The molecule has 1 aromatic heterocycles. The number of aromatic nitrogens is 2. The third kappa shape index (κ3) is 4.15. The molecular formula is C18H30N4O2S. The predicted octanol–water partition coefficient (Wildman–Crippen LogP) is 3.42. The molecule has 0 unspecified atom stereocenters. The lowest BCUT2D eigenvalue weighted by atomic mass is 9.95. The van der Waals surface area contributed by atoms with Gasteiger partial charge < -0.3 is 4.57 Å². The molecule has 7 heteroatoms. The average molecular weight is 367 g/mol. The zero-order valence-corrected chi connectivity index (χ0v) is 16.9. The minimum Gasteiger partial charge on any atom is -0.328 e. The molecule has 2 rings (SSSR count). The third-order valence-corrected chi connectivity index (χ3v) is 5.61. The molecular weight excluding hydrogens is 336 g/mol. The Morgan fingerprint density at radius 3 is 2.44 bits per heavy atom. The number of nitrogens with zero attached hydrogens (tertiary/aromatic N) is 3. The maximum Gasteiger partial charge on any atom is 0.301 e. The highest BCUT2D eigenvalue weighted by molar-refractivity contribution is 7.90. The van der Waals surface area contributed by atoms with Gasteiger partial charge in [0.15, 0.2) is 0 Å². The molecule has 1 heterocycles. The van der Waals surface area contributed by atoms with E-state index in [1.807, 2.05) is 25.1 Å². The summed E-state index contributed by atoms with van der Waals surface area (Å²) in [6.07, 6.45) is 1.77. The van der Waals surface area contributed by atoms with E-state index in [-0.39, 0.29) is 5.41 Å². The second-order valence-electron chi connectivity index (χ2n) is 7.38. The summed E-state index contributed by atoms with van der Waals surface area (Å²) >= 11 is 0. The van der Waals surface area contributed by atoms with Crippen molar-refractivity contribution in [2.45, 2.75) is 59.4 Å². The summed E-state index contributed by atoms with van der Waals surface area (Å²) in [5, 5.41) is 0. The summed E-state index contributed by atoms with van der Waals surface area (Å²) in [6, 6.07) is 5.66. The molecule has 0 amide bonds. The van der Waals surface area contributed by atoms with Crippen LogP contribution in [0, 0.1) is 0 Å². The molecule has 140 valence electrons. The summed E-state index contributed by atoms with van der Waals surface area (Å²) in [7, 11) is -1.97. The van der Waals surface area contributed by atoms with Gasteiger partial charge in [-0.1, -0.05) is 34.6 Å². The highest BCUT2D eigenvalue weighted by atomic mass is 32.2. The molecule has 6 nitrogen and oxygen atoms in total. The van der Waals surface area contributed by atoms with Crippen molar-refractivity contribution >= 4 is 26.9 Å². The van der Waals surface area contributed by atoms with Gasteiger partial charge in [-0.2, -0.15) is 13.1 Å². The van der Waals surface area contributed by atoms with Crippen LogP contribution in [-0.2, 0) is 22.2 Å². The number of aryl methyl sites for hydroxylation is 1. The van der Waals surface area contributed by atoms with E-state index in [1.165, 1.54) is 4.31 Å². The summed E-state index contributed by atoms with van der Waals surface area (Å²) in [6.45, 7) is 11.8. The first-order chi connectivity index (χ1) is 11.6. The van der Waals surface area contributed by atoms with Crippen LogP contribution in [-0.4, -0.2) is 31.6 Å². The van der Waals surface area contributed by atoms with Crippen LogP contribution in [0.2, 0.25) is 0 Å². The van der Waals surface area contributed by atoms with Crippen molar-refractivity contribution in [1.29, 1.82) is 0 Å². The van der Waals surface area contributed by atoms with Crippen molar-refractivity contribution in [3.05, 3.63) is 24.0 Å². The van der Waals surface area contributed by atoms with Crippen molar-refractivity contribution in [2.75, 3.05) is 17.9 Å². The van der Waals surface area contributed by atoms with Crippen molar-refractivity contribution in [3.8, 4) is 0 Å². The number of nitrogens with one attached hydrogen (secondary N) is 1. The van der Waals surface area contributed by atoms with Gasteiger partial charge in [-0.25, -0.2) is 4.98 Å². The number of benzene rings is 1. The van der Waals surface area contributed by atoms with Gasteiger partial charge in [-0.05, 0) is 31.0 Å². The molecule has 2 aromatic rings. The van der Waals surface area contributed by atoms with E-state index in [2.05, 4.69) is 37.0 Å². The van der Waals surface area contributed by atoms with Crippen LogP contribution < -0.4 is 9.03 Å². The Morgan fingerprint density at radius 2 is 1.88 bits per heavy atom. The first-order valence-corrected chi connectivity index (χ1v) is 10.3. The maximum absolute atomic E-state index is 12.3. The fourth-order valence-electron chi connectivity index (χ4n) is 2.80. The molecule has 0 aliphatic heterocycles. The smallest absolute Gasteiger partial charge is 0.301 e. The van der Waals surface area contributed by atoms with E-state index >= 15 is 0 Å². The van der Waals surface area contributed by atoms with Gasteiger partial charge in [0.2, 0.25) is 0 Å². The molecule has 0 bridgehead atoms. The van der Waals surface area contributed by atoms with Crippen LogP contribution in [0.25, 0.3) is 11.0 Å². The van der Waals surface area contributed by atoms with E-state index in [0.29, 0.717) is 12.2 Å². The molecule has 0 aliphatic carbocycles. The van der Waals surface area contributed by atoms with Crippen LogP contribution in [0.5, 0.6) is 0 Å². The summed E-state index contributed by atoms with van der Waals surface area (Å²) in [5.74, 6) is 1.02. The highest BCUT2D eigenvalue weighted by Crippen LogP contribution is 2.29. The van der Waals surface area contributed by atoms with E-state index in [4.69, 9.17) is 4.98 Å². The van der Waals surface area contributed by atoms with Gasteiger partial charge in [0.25, 0.3) is 0 Å². The summed E-state index contributed by atoms with van der Waals surface area (Å²) < 4.78 is 30.8. The summed E-state index contributed by atoms with van der Waals surface area (Å²) in [5.41, 5.74) is 2.41. The van der Waals surface area contributed by atoms with Crippen LogP contribution in [0.15, 0.2) is 18.2 Å². The van der Waals surface area contributed by atoms with Crippen LogP contribution in [0.3, 0.4) is 0 Å². The molecule has 0 radical (unpaired) electrons. The highest BCUT2D eigenvalue weighted by Gasteiger charge is 2.24. The Labute approximate surface area is 151 Å². The van der Waals surface area contributed by atoms with Crippen LogP contribution >= 0.6 is 0 Å². The van der Waals surface area contributed by atoms with Crippen molar-refractivity contribution in [1.82, 2.24) is 14.3 Å². The van der Waals surface area contributed by atoms with Crippen molar-refractivity contribution in [3.63, 3.8) is 0 Å². The molecule has 0 fully saturated rings. The largest absolute Gasteiger partial charge is 0.328 e. The normalized spacial score (nSPS) is 12.7. The number of rotatable bonds is 7. The summed E-state index contributed by atoms with van der Waals surface area (Å²) in [4.78, 5) is 4.81. The quantitative estimate of drug-likeness (QED) is 0.816. The fraction of sp³-hybridized carbons (Fsp3) is 0.611. The zero-order valence-electron chi connectivity index (χ0n) is 16.1. The molecule has 0 atom stereocenters. The first-order valence-electron chi connectivity index (χ1n) is 8.86. The van der Waals surface area contributed by atoms with Crippen LogP contribution in [0.1, 0.15) is 53.3 Å². The topological polar surface area (TPSA) is 67.2 Å². The second kappa shape index (κ2) is 7.33. The fourth-order valence-corrected chi connectivity index (χ4v) is 3.85. The van der Waals surface area contributed by atoms with E-state index in [1.54, 1.807) is 7.05 Å². The predicted molar refractivity (Wildman–Crippen MR) is 104 cm³/mol. The maximum atomic E-state index is 12.3. The van der Waals surface area contributed by atoms with Gasteiger partial charge in [0.05, 0.1) is 16.7 Å². The second-order valence-corrected chi connectivity index (χ2v) is 9.16. The molecule has 0 spiro atoms. The number of fused-ring (bicyclic) bond motifs is 1. The van der Waals surface area contributed by atoms with Gasteiger partial charge in [-0.3, -0.25) is 4.31 Å². The van der Waals surface area contributed by atoms with E-state index in [9.17, 15) is 8.42 Å². The lowest BCUT2D eigenvalue weighted by molar-refractivity contribution is 0.501. The average Bonchev–Trinajstić information content (AvgIpc) is 2.91. The molecule has 0 saturated carbocycles. The van der Waals surface area contributed by atoms with Crippen molar-refractivity contribution < 1.29 is 8.42 Å². The Hall–Kier alpha value is -1.60.